The highest BCUT2D eigenvalue weighted by Gasteiger charge is 2.18. The molecule has 0 saturated carbocycles. The van der Waals surface area contributed by atoms with E-state index in [1.165, 1.54) is 11.6 Å². The van der Waals surface area contributed by atoms with Gasteiger partial charge in [-0.1, -0.05) is 24.8 Å². The summed E-state index contributed by atoms with van der Waals surface area (Å²) < 4.78 is 5.00. The molecule has 0 bridgehead atoms. The Morgan fingerprint density at radius 2 is 2.33 bits per heavy atom. The van der Waals surface area contributed by atoms with Gasteiger partial charge in [0, 0.05) is 18.3 Å². The summed E-state index contributed by atoms with van der Waals surface area (Å²) in [6.45, 7) is 4.57. The lowest BCUT2D eigenvalue weighted by Gasteiger charge is -2.18. The highest BCUT2D eigenvalue weighted by atomic mass is 16.5. The quantitative estimate of drug-likeness (QED) is 0.553. The van der Waals surface area contributed by atoms with Crippen molar-refractivity contribution < 1.29 is 9.53 Å². The van der Waals surface area contributed by atoms with Crippen LogP contribution in [0.2, 0.25) is 0 Å². The Labute approximate surface area is 89.0 Å². The summed E-state index contributed by atoms with van der Waals surface area (Å²) in [7, 11) is 0. The zero-order valence-electron chi connectivity index (χ0n) is 8.48. The largest absolute Gasteiger partial charge is 0.441 e. The molecule has 0 unspecified atom stereocenters. The highest BCUT2D eigenvalue weighted by molar-refractivity contribution is 5.81. The Morgan fingerprint density at radius 3 is 3.13 bits per heavy atom. The Balaban J connectivity index is 2.02. The molecule has 0 fully saturated rings. The fourth-order valence-corrected chi connectivity index (χ4v) is 1.74. The summed E-state index contributed by atoms with van der Waals surface area (Å²) in [5.74, 6) is -0.376. The van der Waals surface area contributed by atoms with Gasteiger partial charge >= 0.3 is 5.97 Å². The SMILES string of the molecule is C=CC(=O)OCN1CCc2ccccc21. The molecule has 1 heterocycles. The minimum absolute atomic E-state index is 0.307. The van der Waals surface area contributed by atoms with Gasteiger partial charge in [-0.2, -0.15) is 0 Å². The number of esters is 1. The first-order valence-electron chi connectivity index (χ1n) is 4.93. The molecule has 0 atom stereocenters. The van der Waals surface area contributed by atoms with Crippen LogP contribution < -0.4 is 4.90 Å². The topological polar surface area (TPSA) is 29.5 Å². The maximum atomic E-state index is 10.9. The molecule has 0 aliphatic carbocycles. The second-order valence-electron chi connectivity index (χ2n) is 3.44. The summed E-state index contributed by atoms with van der Waals surface area (Å²) in [4.78, 5) is 13.0. The van der Waals surface area contributed by atoms with Crippen molar-refractivity contribution in [2.24, 2.45) is 0 Å². The van der Waals surface area contributed by atoms with Crippen LogP contribution in [-0.2, 0) is 16.0 Å². The molecule has 2 rings (SSSR count). The molecule has 1 aliphatic heterocycles. The van der Waals surface area contributed by atoms with Gasteiger partial charge in [-0.05, 0) is 18.1 Å². The fourth-order valence-electron chi connectivity index (χ4n) is 1.74. The maximum Gasteiger partial charge on any atom is 0.331 e. The molecule has 3 heteroatoms. The van der Waals surface area contributed by atoms with Crippen molar-refractivity contribution in [1.82, 2.24) is 0 Å². The highest BCUT2D eigenvalue weighted by Crippen LogP contribution is 2.26. The lowest BCUT2D eigenvalue weighted by atomic mass is 10.2. The molecule has 15 heavy (non-hydrogen) atoms. The van der Waals surface area contributed by atoms with Crippen LogP contribution in [0, 0.1) is 0 Å². The Bertz CT molecular complexity index is 387. The Morgan fingerprint density at radius 1 is 1.53 bits per heavy atom. The number of carbonyl (C=O) groups is 1. The third-order valence-electron chi connectivity index (χ3n) is 2.51. The van der Waals surface area contributed by atoms with Crippen LogP contribution in [0.5, 0.6) is 0 Å². The summed E-state index contributed by atoms with van der Waals surface area (Å²) in [6.07, 6.45) is 2.20. The van der Waals surface area contributed by atoms with Crippen LogP contribution in [0.15, 0.2) is 36.9 Å². The Kier molecular flexibility index (Phi) is 2.72. The third-order valence-corrected chi connectivity index (χ3v) is 2.51. The average molecular weight is 203 g/mol. The fraction of sp³-hybridized carbons (Fsp3) is 0.250. The van der Waals surface area contributed by atoms with E-state index >= 15 is 0 Å². The van der Waals surface area contributed by atoms with Gasteiger partial charge in [0.1, 0.15) is 0 Å². The monoisotopic (exact) mass is 203 g/mol. The van der Waals surface area contributed by atoms with E-state index < -0.39 is 0 Å². The maximum absolute atomic E-state index is 10.9. The van der Waals surface area contributed by atoms with E-state index in [4.69, 9.17) is 4.74 Å². The molecule has 0 saturated heterocycles. The van der Waals surface area contributed by atoms with Crippen LogP contribution in [0.4, 0.5) is 5.69 Å². The molecule has 0 aromatic heterocycles. The number of nitrogens with zero attached hydrogens (tertiary/aromatic N) is 1. The van der Waals surface area contributed by atoms with Gasteiger partial charge in [0.2, 0.25) is 0 Å². The van der Waals surface area contributed by atoms with Gasteiger partial charge in [-0.3, -0.25) is 0 Å². The summed E-state index contributed by atoms with van der Waals surface area (Å²) >= 11 is 0. The van der Waals surface area contributed by atoms with E-state index in [1.54, 1.807) is 0 Å². The molecule has 0 amide bonds. The van der Waals surface area contributed by atoms with Crippen molar-refractivity contribution >= 4 is 11.7 Å². The molecular weight excluding hydrogens is 190 g/mol. The number of carbonyl (C=O) groups excluding carboxylic acids is 1. The standard InChI is InChI=1S/C12H13NO2/c1-2-12(14)15-9-13-8-7-10-5-3-4-6-11(10)13/h2-6H,1,7-9H2. The van der Waals surface area contributed by atoms with Crippen molar-refractivity contribution in [1.29, 1.82) is 0 Å². The number of hydrogen-bond donors (Lipinski definition) is 0. The lowest BCUT2D eigenvalue weighted by molar-refractivity contribution is -0.137. The summed E-state index contributed by atoms with van der Waals surface area (Å²) in [5, 5.41) is 0. The first-order chi connectivity index (χ1) is 7.31. The predicted molar refractivity (Wildman–Crippen MR) is 58.6 cm³/mol. The molecule has 1 aromatic carbocycles. The number of ether oxygens (including phenoxy) is 1. The molecule has 0 spiro atoms. The van der Waals surface area contributed by atoms with Crippen molar-refractivity contribution in [3.05, 3.63) is 42.5 Å². The van der Waals surface area contributed by atoms with Crippen LogP contribution in [0.3, 0.4) is 0 Å². The Hall–Kier alpha value is -1.77. The van der Waals surface area contributed by atoms with Crippen LogP contribution in [0.1, 0.15) is 5.56 Å². The van der Waals surface area contributed by atoms with E-state index in [0.29, 0.717) is 6.73 Å². The number of anilines is 1. The van der Waals surface area contributed by atoms with E-state index in [9.17, 15) is 4.79 Å². The zero-order chi connectivity index (χ0) is 10.7. The van der Waals surface area contributed by atoms with Gasteiger partial charge < -0.3 is 9.64 Å². The minimum Gasteiger partial charge on any atom is -0.441 e. The normalized spacial score (nSPS) is 13.5. The number of para-hydroxylation sites is 1. The summed E-state index contributed by atoms with van der Waals surface area (Å²) in [6, 6.07) is 8.17. The average Bonchev–Trinajstić information content (AvgIpc) is 2.69. The third kappa shape index (κ3) is 2.01. The predicted octanol–water partition coefficient (Wildman–Crippen LogP) is 1.74. The number of hydrogen-bond acceptors (Lipinski definition) is 3. The van der Waals surface area contributed by atoms with E-state index in [1.807, 2.05) is 18.2 Å². The first-order valence-corrected chi connectivity index (χ1v) is 4.93. The van der Waals surface area contributed by atoms with Gasteiger partial charge in [-0.15, -0.1) is 0 Å². The lowest BCUT2D eigenvalue weighted by Crippen LogP contribution is -2.25. The van der Waals surface area contributed by atoms with Crippen molar-refractivity contribution in [2.75, 3.05) is 18.2 Å². The number of fused-ring (bicyclic) bond motifs is 1. The first kappa shape index (κ1) is 9.77. The van der Waals surface area contributed by atoms with Crippen LogP contribution in [0.25, 0.3) is 0 Å². The molecule has 78 valence electrons. The van der Waals surface area contributed by atoms with E-state index in [-0.39, 0.29) is 5.97 Å². The number of rotatable bonds is 3. The molecule has 1 aromatic rings. The van der Waals surface area contributed by atoms with E-state index in [2.05, 4.69) is 17.5 Å². The number of benzene rings is 1. The second-order valence-corrected chi connectivity index (χ2v) is 3.44. The molecule has 0 N–H and O–H groups in total. The van der Waals surface area contributed by atoms with Gasteiger partial charge in [0.05, 0.1) is 0 Å². The van der Waals surface area contributed by atoms with Crippen LogP contribution in [-0.4, -0.2) is 19.2 Å². The van der Waals surface area contributed by atoms with Gasteiger partial charge in [-0.25, -0.2) is 4.79 Å². The van der Waals surface area contributed by atoms with Crippen molar-refractivity contribution in [2.45, 2.75) is 6.42 Å². The molecular formula is C12H13NO2. The molecule has 0 radical (unpaired) electrons. The van der Waals surface area contributed by atoms with Crippen molar-refractivity contribution in [3.63, 3.8) is 0 Å². The minimum atomic E-state index is -0.376. The van der Waals surface area contributed by atoms with Gasteiger partial charge in [0.15, 0.2) is 6.73 Å². The smallest absolute Gasteiger partial charge is 0.331 e. The molecule has 3 nitrogen and oxygen atoms in total. The second kappa shape index (κ2) is 4.17. The van der Waals surface area contributed by atoms with Crippen LogP contribution >= 0.6 is 0 Å². The molecule has 1 aliphatic rings. The van der Waals surface area contributed by atoms with Crippen molar-refractivity contribution in [3.8, 4) is 0 Å². The zero-order valence-corrected chi connectivity index (χ0v) is 8.48. The van der Waals surface area contributed by atoms with Gasteiger partial charge in [0.25, 0.3) is 0 Å². The van der Waals surface area contributed by atoms with E-state index in [0.717, 1.165) is 18.7 Å². The summed E-state index contributed by atoms with van der Waals surface area (Å²) in [5.41, 5.74) is 2.47.